The summed E-state index contributed by atoms with van der Waals surface area (Å²) in [6, 6.07) is 0. The number of rotatable bonds is 2. The highest BCUT2D eigenvalue weighted by Crippen LogP contribution is 1.77. The van der Waals surface area contributed by atoms with Gasteiger partial charge in [0.25, 0.3) is 0 Å². The Bertz CT molecular complexity index is 32.0. The molecule has 0 aliphatic rings. The van der Waals surface area contributed by atoms with Crippen LogP contribution < -0.4 is 0 Å². The van der Waals surface area contributed by atoms with Crippen LogP contribution in [0.1, 0.15) is 7.79 Å². The number of hydrogen-bond acceptors (Lipinski definition) is 1. The Morgan fingerprint density at radius 2 is 2.60 bits per heavy atom. The Balaban J connectivity index is 2.63. The van der Waals surface area contributed by atoms with Crippen molar-refractivity contribution in [3.05, 3.63) is 0 Å². The van der Waals surface area contributed by atoms with E-state index in [9.17, 15) is 0 Å². The first kappa shape index (κ1) is 3.44. The van der Waals surface area contributed by atoms with E-state index in [-0.39, 0.29) is 0 Å². The van der Waals surface area contributed by atoms with Gasteiger partial charge in [-0.15, -0.1) is 11.6 Å². The summed E-state index contributed by atoms with van der Waals surface area (Å²) in [7, 11) is 0. The lowest BCUT2D eigenvalue weighted by atomic mass is 10.5. The number of hydrogen-bond donors (Lipinski definition) is 1. The number of aliphatic hydroxyl groups is 1. The van der Waals surface area contributed by atoms with E-state index in [0.717, 1.165) is 0 Å². The average molecular weight is 95.5 g/mol. The fourth-order valence-corrected chi connectivity index (χ4v) is 0.146. The number of alkyl halides is 1. The van der Waals surface area contributed by atoms with E-state index < -0.39 is 6.58 Å². The van der Waals surface area contributed by atoms with Crippen molar-refractivity contribution in [1.82, 2.24) is 0 Å². The van der Waals surface area contributed by atoms with E-state index in [2.05, 4.69) is 0 Å². The molecule has 1 N–H and O–H groups in total. The first-order valence-electron chi connectivity index (χ1n) is 2.01. The van der Waals surface area contributed by atoms with Crippen molar-refractivity contribution in [2.24, 2.45) is 0 Å². The smallest absolute Gasteiger partial charge is 0.0564 e. The summed E-state index contributed by atoms with van der Waals surface area (Å²) in [5, 5.41) is 8.13. The predicted molar refractivity (Wildman–Crippen MR) is 22.4 cm³/mol. The molecule has 2 heteroatoms. The topological polar surface area (TPSA) is 20.2 Å². The highest BCUT2D eigenvalue weighted by atomic mass is 35.5. The van der Waals surface area contributed by atoms with Gasteiger partial charge in [-0.05, 0) is 6.42 Å². The van der Waals surface area contributed by atoms with Gasteiger partial charge in [0.1, 0.15) is 0 Å². The van der Waals surface area contributed by atoms with Crippen molar-refractivity contribution in [3.63, 3.8) is 0 Å². The van der Waals surface area contributed by atoms with Crippen LogP contribution in [0.4, 0.5) is 0 Å². The second-order valence-electron chi connectivity index (χ2n) is 0.660. The fraction of sp³-hybridized carbons (Fsp3) is 1.00. The standard InChI is InChI=1S/C3H7ClO/c4-2-1-3-5/h5H,1-3H2/i3D. The van der Waals surface area contributed by atoms with E-state index in [4.69, 9.17) is 18.1 Å². The zero-order valence-electron chi connectivity index (χ0n) is 3.82. The molecular weight excluding hydrogens is 87.5 g/mol. The Kier molecular flexibility index (Phi) is 2.92. The van der Waals surface area contributed by atoms with E-state index in [1.54, 1.807) is 0 Å². The molecule has 0 spiro atoms. The highest BCUT2D eigenvalue weighted by Gasteiger charge is 1.71. The maximum Gasteiger partial charge on any atom is 0.0564 e. The van der Waals surface area contributed by atoms with Crippen LogP contribution in [0.3, 0.4) is 0 Å². The van der Waals surface area contributed by atoms with Gasteiger partial charge >= 0.3 is 0 Å². The second kappa shape index (κ2) is 4.25. The van der Waals surface area contributed by atoms with Crippen molar-refractivity contribution in [3.8, 4) is 0 Å². The molecule has 0 aliphatic heterocycles. The van der Waals surface area contributed by atoms with Crippen LogP contribution in [0.15, 0.2) is 0 Å². The van der Waals surface area contributed by atoms with E-state index in [1.807, 2.05) is 0 Å². The van der Waals surface area contributed by atoms with Gasteiger partial charge in [-0.1, -0.05) is 0 Å². The summed E-state index contributed by atoms with van der Waals surface area (Å²) in [6.07, 6.45) is 0.363. The molecule has 0 aromatic carbocycles. The number of halogens is 1. The van der Waals surface area contributed by atoms with E-state index >= 15 is 0 Å². The molecule has 0 saturated carbocycles. The maximum atomic E-state index is 8.13. The molecule has 0 aromatic rings. The van der Waals surface area contributed by atoms with E-state index in [0.29, 0.717) is 12.3 Å². The molecule has 0 radical (unpaired) electrons. The zero-order valence-corrected chi connectivity index (χ0v) is 3.57. The molecule has 1 atom stereocenters. The van der Waals surface area contributed by atoms with Crippen LogP contribution in [-0.2, 0) is 0 Å². The third-order valence-electron chi connectivity index (χ3n) is 0.238. The molecule has 0 heterocycles. The van der Waals surface area contributed by atoms with Crippen LogP contribution in [0, 0.1) is 0 Å². The van der Waals surface area contributed by atoms with Gasteiger partial charge in [0.2, 0.25) is 0 Å². The van der Waals surface area contributed by atoms with Crippen LogP contribution in [-0.4, -0.2) is 17.6 Å². The molecule has 0 rings (SSSR count). The van der Waals surface area contributed by atoms with Crippen molar-refractivity contribution >= 4 is 11.6 Å². The van der Waals surface area contributed by atoms with Gasteiger partial charge < -0.3 is 5.11 Å². The molecule has 0 amide bonds. The molecular formula is C3H7ClO. The Morgan fingerprint density at radius 1 is 2.00 bits per heavy atom. The summed E-state index contributed by atoms with van der Waals surface area (Å²) < 4.78 is 6.45. The van der Waals surface area contributed by atoms with Gasteiger partial charge in [-0.2, -0.15) is 0 Å². The summed E-state index contributed by atoms with van der Waals surface area (Å²) in [6.45, 7) is -0.984. The van der Waals surface area contributed by atoms with Gasteiger partial charge in [0.05, 0.1) is 1.37 Å². The largest absolute Gasteiger partial charge is 0.396 e. The molecule has 0 bridgehead atoms. The van der Waals surface area contributed by atoms with Crippen LogP contribution >= 0.6 is 11.6 Å². The lowest BCUT2D eigenvalue weighted by molar-refractivity contribution is 0.296. The van der Waals surface area contributed by atoms with Gasteiger partial charge in [0, 0.05) is 12.5 Å². The van der Waals surface area contributed by atoms with E-state index in [1.165, 1.54) is 0 Å². The molecule has 0 aromatic heterocycles. The molecule has 1 unspecified atom stereocenters. The van der Waals surface area contributed by atoms with Gasteiger partial charge in [-0.25, -0.2) is 0 Å². The molecule has 0 fully saturated rings. The third kappa shape index (κ3) is 4.25. The van der Waals surface area contributed by atoms with Gasteiger partial charge in [0.15, 0.2) is 0 Å². The first-order valence-corrected chi connectivity index (χ1v) is 1.97. The van der Waals surface area contributed by atoms with Crippen molar-refractivity contribution in [2.75, 3.05) is 12.5 Å². The summed E-state index contributed by atoms with van der Waals surface area (Å²) in [4.78, 5) is 0. The minimum Gasteiger partial charge on any atom is -0.396 e. The fourth-order valence-electron chi connectivity index (χ4n) is 0.0488. The van der Waals surface area contributed by atoms with Crippen LogP contribution in [0.2, 0.25) is 0 Å². The minimum atomic E-state index is -0.984. The Hall–Kier alpha value is 0.250. The zero-order chi connectivity index (χ0) is 4.99. The predicted octanol–water partition coefficient (Wildman–Crippen LogP) is 0.608. The van der Waals surface area contributed by atoms with Crippen LogP contribution in [0.25, 0.3) is 0 Å². The normalized spacial score (nSPS) is 17.6. The molecule has 5 heavy (non-hydrogen) atoms. The highest BCUT2D eigenvalue weighted by molar-refractivity contribution is 6.17. The summed E-state index contributed by atoms with van der Waals surface area (Å²) in [5.74, 6) is 0.366. The van der Waals surface area contributed by atoms with Crippen molar-refractivity contribution < 1.29 is 6.48 Å². The number of aliphatic hydroxyl groups excluding tert-OH is 1. The lowest BCUT2D eigenvalue weighted by Crippen LogP contribution is -1.79. The molecule has 1 nitrogen and oxygen atoms in total. The SMILES string of the molecule is [2H]C(O)CCCl. The first-order chi connectivity index (χ1) is 2.77. The monoisotopic (exact) mass is 95.0 g/mol. The average Bonchev–Trinajstić information content (AvgIpc) is 1.35. The van der Waals surface area contributed by atoms with Gasteiger partial charge in [-0.3, -0.25) is 0 Å². The minimum absolute atomic E-state index is 0.363. The summed E-state index contributed by atoms with van der Waals surface area (Å²) in [5.41, 5.74) is 0. The quantitative estimate of drug-likeness (QED) is 0.498. The molecule has 32 valence electrons. The lowest BCUT2D eigenvalue weighted by Gasteiger charge is -1.77. The Morgan fingerprint density at radius 3 is 2.60 bits per heavy atom. The Labute approximate surface area is 38.0 Å². The maximum absolute atomic E-state index is 8.13. The second-order valence-corrected chi connectivity index (χ2v) is 1.04. The van der Waals surface area contributed by atoms with Crippen molar-refractivity contribution in [2.45, 2.75) is 6.42 Å². The van der Waals surface area contributed by atoms with Crippen molar-refractivity contribution in [1.29, 1.82) is 0 Å². The van der Waals surface area contributed by atoms with Crippen LogP contribution in [0.5, 0.6) is 0 Å². The molecule has 0 aliphatic carbocycles. The summed E-state index contributed by atoms with van der Waals surface area (Å²) >= 11 is 5.12. The third-order valence-corrected chi connectivity index (χ3v) is 0.456. The molecule has 0 saturated heterocycles.